The Hall–Kier alpha value is -1.21. The summed E-state index contributed by atoms with van der Waals surface area (Å²) in [7, 11) is 1.65. The molecule has 0 saturated carbocycles. The smallest absolute Gasteiger partial charge is 0.149 e. The largest absolute Gasteiger partial charge is 0.497 e. The molecular formula is C14H17NO4S. The van der Waals surface area contributed by atoms with Gasteiger partial charge in [0, 0.05) is 18.5 Å². The van der Waals surface area contributed by atoms with Crippen molar-refractivity contribution in [3.63, 3.8) is 0 Å². The molecular weight excluding hydrogens is 278 g/mol. The predicted octanol–water partition coefficient (Wildman–Crippen LogP) is 2.27. The Labute approximate surface area is 121 Å². The maximum atomic E-state index is 9.22. The lowest BCUT2D eigenvalue weighted by molar-refractivity contribution is 0.0773. The third-order valence-corrected chi connectivity index (χ3v) is 4.32. The molecule has 1 aliphatic heterocycles. The van der Waals surface area contributed by atoms with Crippen LogP contribution in [-0.4, -0.2) is 42.8 Å². The summed E-state index contributed by atoms with van der Waals surface area (Å²) in [5, 5.41) is 10.2. The van der Waals surface area contributed by atoms with E-state index in [9.17, 15) is 5.11 Å². The number of methoxy groups -OCH3 is 1. The van der Waals surface area contributed by atoms with Crippen LogP contribution in [0.2, 0.25) is 0 Å². The number of nitrogens with zero attached hydrogens (tertiary/aromatic N) is 1. The van der Waals surface area contributed by atoms with Gasteiger partial charge in [-0.2, -0.15) is 0 Å². The number of hydrogen-bond acceptors (Lipinski definition) is 6. The lowest BCUT2D eigenvalue weighted by Gasteiger charge is -2.25. The van der Waals surface area contributed by atoms with Gasteiger partial charge in [-0.05, 0) is 30.1 Å². The Bertz CT molecular complexity index is 592. The average molecular weight is 295 g/mol. The quantitative estimate of drug-likeness (QED) is 0.873. The summed E-state index contributed by atoms with van der Waals surface area (Å²) in [4.78, 5) is 1.00. The molecule has 5 nitrogen and oxygen atoms in total. The molecule has 0 atom stereocenters. The minimum Gasteiger partial charge on any atom is -0.497 e. The maximum Gasteiger partial charge on any atom is 0.149 e. The van der Waals surface area contributed by atoms with Gasteiger partial charge < -0.3 is 19.0 Å². The molecule has 6 heteroatoms. The van der Waals surface area contributed by atoms with E-state index < -0.39 is 0 Å². The second-order valence-corrected chi connectivity index (χ2v) is 5.69. The summed E-state index contributed by atoms with van der Waals surface area (Å²) in [6.45, 7) is 3.17. The number of aliphatic hydroxyl groups is 1. The van der Waals surface area contributed by atoms with Crippen molar-refractivity contribution in [2.45, 2.75) is 11.5 Å². The topological polar surface area (TPSA) is 55.1 Å². The number of fused-ring (bicyclic) bond motifs is 1. The van der Waals surface area contributed by atoms with E-state index >= 15 is 0 Å². The SMILES string of the molecule is COc1cc(SN2CCOCC2)c2oc(CO)cc2c1. The fraction of sp³-hybridized carbons (Fsp3) is 0.429. The molecule has 0 spiro atoms. The van der Waals surface area contributed by atoms with Gasteiger partial charge in [-0.15, -0.1) is 0 Å². The van der Waals surface area contributed by atoms with E-state index in [1.54, 1.807) is 19.1 Å². The molecule has 2 heterocycles. The summed E-state index contributed by atoms with van der Waals surface area (Å²) < 4.78 is 18.6. The first kappa shape index (κ1) is 13.8. The fourth-order valence-corrected chi connectivity index (χ4v) is 3.21. The van der Waals surface area contributed by atoms with Crippen LogP contribution in [0.4, 0.5) is 0 Å². The highest BCUT2D eigenvalue weighted by molar-refractivity contribution is 7.97. The molecule has 1 fully saturated rings. The first-order chi connectivity index (χ1) is 9.80. The molecule has 0 bridgehead atoms. The number of rotatable bonds is 4. The van der Waals surface area contributed by atoms with Gasteiger partial charge in [-0.1, -0.05) is 0 Å². The van der Waals surface area contributed by atoms with Crippen LogP contribution in [0.25, 0.3) is 11.0 Å². The van der Waals surface area contributed by atoms with Gasteiger partial charge in [0.2, 0.25) is 0 Å². The molecule has 1 N–H and O–H groups in total. The van der Waals surface area contributed by atoms with E-state index in [2.05, 4.69) is 4.31 Å². The lowest BCUT2D eigenvalue weighted by Crippen LogP contribution is -2.30. The molecule has 1 aliphatic rings. The van der Waals surface area contributed by atoms with Crippen LogP contribution < -0.4 is 4.74 Å². The average Bonchev–Trinajstić information content (AvgIpc) is 2.91. The summed E-state index contributed by atoms with van der Waals surface area (Å²) in [5.74, 6) is 1.36. The van der Waals surface area contributed by atoms with Crippen LogP contribution >= 0.6 is 11.9 Å². The third-order valence-electron chi connectivity index (χ3n) is 3.20. The van der Waals surface area contributed by atoms with Crippen molar-refractivity contribution in [1.82, 2.24) is 4.31 Å². The van der Waals surface area contributed by atoms with Gasteiger partial charge >= 0.3 is 0 Å². The monoisotopic (exact) mass is 295 g/mol. The molecule has 0 amide bonds. The van der Waals surface area contributed by atoms with Gasteiger partial charge in [-0.3, -0.25) is 0 Å². The minimum atomic E-state index is -0.0986. The minimum absolute atomic E-state index is 0.0986. The van der Waals surface area contributed by atoms with Crippen LogP contribution in [0, 0.1) is 0 Å². The summed E-state index contributed by atoms with van der Waals surface area (Å²) in [6, 6.07) is 5.73. The molecule has 0 unspecified atom stereocenters. The molecule has 0 radical (unpaired) electrons. The number of hydrogen-bond donors (Lipinski definition) is 1. The summed E-state index contributed by atoms with van der Waals surface area (Å²) >= 11 is 1.65. The van der Waals surface area contributed by atoms with E-state index in [1.807, 2.05) is 18.2 Å². The van der Waals surface area contributed by atoms with Gasteiger partial charge in [0.25, 0.3) is 0 Å². The number of morpholine rings is 1. The van der Waals surface area contributed by atoms with Crippen molar-refractivity contribution in [1.29, 1.82) is 0 Å². The first-order valence-corrected chi connectivity index (χ1v) is 7.29. The highest BCUT2D eigenvalue weighted by Crippen LogP contribution is 2.36. The lowest BCUT2D eigenvalue weighted by atomic mass is 10.2. The van der Waals surface area contributed by atoms with Crippen LogP contribution in [-0.2, 0) is 11.3 Å². The Morgan fingerprint density at radius 1 is 1.30 bits per heavy atom. The summed E-state index contributed by atoms with van der Waals surface area (Å²) in [6.07, 6.45) is 0. The molecule has 2 aromatic rings. The van der Waals surface area contributed by atoms with Crippen molar-refractivity contribution in [2.24, 2.45) is 0 Å². The highest BCUT2D eigenvalue weighted by Gasteiger charge is 2.17. The van der Waals surface area contributed by atoms with Crippen LogP contribution in [0.3, 0.4) is 0 Å². The highest BCUT2D eigenvalue weighted by atomic mass is 32.2. The Kier molecular flexibility index (Phi) is 4.16. The zero-order valence-corrected chi connectivity index (χ0v) is 12.1. The van der Waals surface area contributed by atoms with E-state index in [0.29, 0.717) is 5.76 Å². The van der Waals surface area contributed by atoms with E-state index in [4.69, 9.17) is 13.9 Å². The second-order valence-electron chi connectivity index (χ2n) is 4.55. The van der Waals surface area contributed by atoms with Gasteiger partial charge in [0.15, 0.2) is 0 Å². The Morgan fingerprint density at radius 3 is 2.80 bits per heavy atom. The number of aliphatic hydroxyl groups excluding tert-OH is 1. The normalized spacial score (nSPS) is 16.7. The van der Waals surface area contributed by atoms with E-state index in [-0.39, 0.29) is 6.61 Å². The van der Waals surface area contributed by atoms with E-state index in [0.717, 1.165) is 47.9 Å². The Morgan fingerprint density at radius 2 is 2.10 bits per heavy atom. The van der Waals surface area contributed by atoms with E-state index in [1.165, 1.54) is 0 Å². The molecule has 108 valence electrons. The number of ether oxygens (including phenoxy) is 2. The molecule has 1 saturated heterocycles. The fourth-order valence-electron chi connectivity index (χ4n) is 2.19. The number of benzene rings is 1. The van der Waals surface area contributed by atoms with Crippen LogP contribution in [0.5, 0.6) is 5.75 Å². The number of furan rings is 1. The second kappa shape index (κ2) is 6.05. The molecule has 1 aromatic heterocycles. The van der Waals surface area contributed by atoms with Gasteiger partial charge in [-0.25, -0.2) is 4.31 Å². The van der Waals surface area contributed by atoms with Crippen LogP contribution in [0.1, 0.15) is 5.76 Å². The molecule has 0 aliphatic carbocycles. The van der Waals surface area contributed by atoms with Crippen molar-refractivity contribution in [2.75, 3.05) is 33.4 Å². The standard InChI is InChI=1S/C14H17NO4S/c1-17-11-6-10-7-12(9-16)19-14(10)13(8-11)20-15-2-4-18-5-3-15/h6-8,16H,2-5,9H2,1H3. The maximum absolute atomic E-state index is 9.22. The van der Waals surface area contributed by atoms with Gasteiger partial charge in [0.1, 0.15) is 23.7 Å². The zero-order valence-electron chi connectivity index (χ0n) is 11.3. The van der Waals surface area contributed by atoms with Gasteiger partial charge in [0.05, 0.1) is 25.2 Å². The third kappa shape index (κ3) is 2.78. The zero-order chi connectivity index (χ0) is 13.9. The van der Waals surface area contributed by atoms with Crippen LogP contribution in [0.15, 0.2) is 27.5 Å². The predicted molar refractivity (Wildman–Crippen MR) is 76.9 cm³/mol. The molecule has 20 heavy (non-hydrogen) atoms. The van der Waals surface area contributed by atoms with Crippen molar-refractivity contribution in [3.8, 4) is 5.75 Å². The summed E-state index contributed by atoms with van der Waals surface area (Å²) in [5.41, 5.74) is 0.798. The molecule has 3 rings (SSSR count). The van der Waals surface area contributed by atoms with Crippen molar-refractivity contribution in [3.05, 3.63) is 24.0 Å². The Balaban J connectivity index is 1.95. The van der Waals surface area contributed by atoms with Crippen molar-refractivity contribution < 1.29 is 19.0 Å². The van der Waals surface area contributed by atoms with Crippen molar-refractivity contribution >= 4 is 22.9 Å². The first-order valence-electron chi connectivity index (χ1n) is 6.52. The molecule has 1 aromatic carbocycles.